The highest BCUT2D eigenvalue weighted by Crippen LogP contribution is 2.25. The van der Waals surface area contributed by atoms with Gasteiger partial charge in [0.05, 0.1) is 12.8 Å². The topological polar surface area (TPSA) is 50.4 Å². The van der Waals surface area contributed by atoms with Crippen LogP contribution in [0.3, 0.4) is 0 Å². The molecule has 1 aromatic carbocycles. The van der Waals surface area contributed by atoms with Crippen molar-refractivity contribution in [1.29, 1.82) is 0 Å². The molecule has 5 nitrogen and oxygen atoms in total. The van der Waals surface area contributed by atoms with Crippen molar-refractivity contribution >= 4 is 16.8 Å². The Bertz CT molecular complexity index is 890. The highest BCUT2D eigenvalue weighted by molar-refractivity contribution is 5.84. The molecule has 3 aromatic rings. The molecule has 1 N–H and O–H groups in total. The number of benzene rings is 1. The molecule has 0 radical (unpaired) electrons. The lowest BCUT2D eigenvalue weighted by Gasteiger charge is -2.31. The summed E-state index contributed by atoms with van der Waals surface area (Å²) >= 11 is 0. The van der Waals surface area contributed by atoms with Gasteiger partial charge in [-0.05, 0) is 56.6 Å². The van der Waals surface area contributed by atoms with Gasteiger partial charge in [-0.25, -0.2) is 0 Å². The third-order valence-corrected chi connectivity index (χ3v) is 5.58. The van der Waals surface area contributed by atoms with Crippen molar-refractivity contribution in [1.82, 2.24) is 14.8 Å². The first-order chi connectivity index (χ1) is 13.2. The minimum Gasteiger partial charge on any atom is -0.467 e. The van der Waals surface area contributed by atoms with Gasteiger partial charge in [0, 0.05) is 36.1 Å². The molecule has 5 heteroatoms. The average Bonchev–Trinajstić information content (AvgIpc) is 3.35. The van der Waals surface area contributed by atoms with Crippen molar-refractivity contribution in [3.05, 3.63) is 60.2 Å². The second-order valence-electron chi connectivity index (χ2n) is 7.31. The number of fused-ring (bicyclic) bond motifs is 1. The first kappa shape index (κ1) is 17.9. The van der Waals surface area contributed by atoms with E-state index in [0.717, 1.165) is 44.8 Å². The van der Waals surface area contributed by atoms with E-state index in [1.165, 1.54) is 16.5 Å². The Kier molecular flexibility index (Phi) is 5.30. The van der Waals surface area contributed by atoms with Crippen LogP contribution in [0.4, 0.5) is 0 Å². The van der Waals surface area contributed by atoms with E-state index in [1.54, 1.807) is 6.26 Å². The van der Waals surface area contributed by atoms with Crippen LogP contribution in [0.5, 0.6) is 0 Å². The van der Waals surface area contributed by atoms with Crippen LogP contribution in [0.2, 0.25) is 0 Å². The van der Waals surface area contributed by atoms with Crippen LogP contribution in [0.25, 0.3) is 10.9 Å². The zero-order valence-corrected chi connectivity index (χ0v) is 15.9. The molecular weight excluding hydrogens is 338 g/mol. The summed E-state index contributed by atoms with van der Waals surface area (Å²) in [5.41, 5.74) is 2.69. The van der Waals surface area contributed by atoms with Crippen molar-refractivity contribution in [2.24, 2.45) is 5.92 Å². The lowest BCUT2D eigenvalue weighted by atomic mass is 9.95. The second-order valence-corrected chi connectivity index (χ2v) is 7.31. The summed E-state index contributed by atoms with van der Waals surface area (Å²) in [5, 5.41) is 4.34. The first-order valence-electron chi connectivity index (χ1n) is 9.83. The van der Waals surface area contributed by atoms with Gasteiger partial charge in [-0.1, -0.05) is 18.2 Å². The highest BCUT2D eigenvalue weighted by atomic mass is 16.3. The molecular formula is C22H27N3O2. The molecule has 1 aliphatic heterocycles. The first-order valence-corrected chi connectivity index (χ1v) is 9.83. The van der Waals surface area contributed by atoms with Gasteiger partial charge in [-0.2, -0.15) is 0 Å². The van der Waals surface area contributed by atoms with Crippen molar-refractivity contribution < 1.29 is 9.21 Å². The third kappa shape index (κ3) is 3.93. The van der Waals surface area contributed by atoms with Gasteiger partial charge in [0.2, 0.25) is 5.91 Å². The molecule has 2 aromatic heterocycles. The largest absolute Gasteiger partial charge is 0.467 e. The smallest absolute Gasteiger partial charge is 0.223 e. The maximum absolute atomic E-state index is 12.4. The normalized spacial score (nSPS) is 16.0. The van der Waals surface area contributed by atoms with Crippen molar-refractivity contribution in [3.8, 4) is 0 Å². The Morgan fingerprint density at radius 1 is 1.19 bits per heavy atom. The summed E-state index contributed by atoms with van der Waals surface area (Å²) in [4.78, 5) is 14.9. The molecule has 1 aliphatic rings. The fourth-order valence-electron chi connectivity index (χ4n) is 4.04. The summed E-state index contributed by atoms with van der Waals surface area (Å²) in [5.74, 6) is 1.05. The predicted octanol–water partition coefficient (Wildman–Crippen LogP) is 3.78. The van der Waals surface area contributed by atoms with Crippen LogP contribution >= 0.6 is 0 Å². The Morgan fingerprint density at radius 2 is 2.00 bits per heavy atom. The van der Waals surface area contributed by atoms with E-state index in [1.807, 2.05) is 12.1 Å². The molecule has 1 fully saturated rings. The van der Waals surface area contributed by atoms with Crippen molar-refractivity contribution in [2.45, 2.75) is 39.4 Å². The zero-order valence-electron chi connectivity index (χ0n) is 15.9. The van der Waals surface area contributed by atoms with E-state index >= 15 is 0 Å². The number of nitrogens with one attached hydrogen (secondary N) is 1. The van der Waals surface area contributed by atoms with E-state index in [4.69, 9.17) is 4.42 Å². The third-order valence-electron chi connectivity index (χ3n) is 5.58. The number of para-hydroxylation sites is 1. The van der Waals surface area contributed by atoms with Gasteiger partial charge in [0.1, 0.15) is 5.76 Å². The molecule has 3 heterocycles. The second kappa shape index (κ2) is 8.01. The van der Waals surface area contributed by atoms with Gasteiger partial charge in [-0.15, -0.1) is 0 Å². The fourth-order valence-corrected chi connectivity index (χ4v) is 4.04. The number of aryl methyl sites for hydroxylation is 1. The van der Waals surface area contributed by atoms with Gasteiger partial charge in [0.15, 0.2) is 0 Å². The van der Waals surface area contributed by atoms with Crippen molar-refractivity contribution in [2.75, 3.05) is 13.1 Å². The molecule has 0 spiro atoms. The lowest BCUT2D eigenvalue weighted by molar-refractivity contribution is -0.126. The maximum atomic E-state index is 12.4. The predicted molar refractivity (Wildman–Crippen MR) is 106 cm³/mol. The summed E-state index contributed by atoms with van der Waals surface area (Å²) in [6.07, 6.45) is 5.75. The number of aromatic nitrogens is 1. The summed E-state index contributed by atoms with van der Waals surface area (Å²) in [7, 11) is 0. The Balaban J connectivity index is 1.32. The Morgan fingerprint density at radius 3 is 2.74 bits per heavy atom. The lowest BCUT2D eigenvalue weighted by Crippen LogP contribution is -2.40. The molecule has 0 atom stereocenters. The van der Waals surface area contributed by atoms with Crippen molar-refractivity contribution in [3.63, 3.8) is 0 Å². The maximum Gasteiger partial charge on any atom is 0.223 e. The molecule has 0 bridgehead atoms. The van der Waals surface area contributed by atoms with E-state index < -0.39 is 0 Å². The summed E-state index contributed by atoms with van der Waals surface area (Å²) < 4.78 is 7.60. The van der Waals surface area contributed by atoms with Crippen LogP contribution in [-0.4, -0.2) is 28.5 Å². The average molecular weight is 365 g/mol. The van der Waals surface area contributed by atoms with Crippen LogP contribution < -0.4 is 5.32 Å². The van der Waals surface area contributed by atoms with Crippen LogP contribution in [0, 0.1) is 5.92 Å². The van der Waals surface area contributed by atoms with Gasteiger partial charge >= 0.3 is 0 Å². The number of carbonyl (C=O) groups is 1. The van der Waals surface area contributed by atoms with Crippen LogP contribution in [0.15, 0.2) is 53.3 Å². The van der Waals surface area contributed by atoms with E-state index in [0.29, 0.717) is 6.54 Å². The zero-order chi connectivity index (χ0) is 18.6. The Labute approximate surface area is 159 Å². The number of likely N-dealkylation sites (tertiary alicyclic amines) is 1. The number of rotatable bonds is 6. The van der Waals surface area contributed by atoms with Gasteiger partial charge in [-0.3, -0.25) is 9.69 Å². The number of hydrogen-bond acceptors (Lipinski definition) is 3. The van der Waals surface area contributed by atoms with Crippen LogP contribution in [0.1, 0.15) is 31.1 Å². The molecule has 4 rings (SSSR count). The number of hydrogen-bond donors (Lipinski definition) is 1. The molecule has 0 saturated carbocycles. The number of furan rings is 1. The number of nitrogens with zero attached hydrogens (tertiary/aromatic N) is 2. The number of amides is 1. The quantitative estimate of drug-likeness (QED) is 0.723. The number of piperidine rings is 1. The minimum atomic E-state index is 0.105. The SMILES string of the molecule is CCn1cc(CN2CCC(C(=O)NCc3ccco3)CC2)c2ccccc21. The van der Waals surface area contributed by atoms with E-state index in [2.05, 4.69) is 52.2 Å². The van der Waals surface area contributed by atoms with Crippen LogP contribution in [-0.2, 0) is 24.4 Å². The Hall–Kier alpha value is -2.53. The molecule has 0 unspecified atom stereocenters. The molecule has 27 heavy (non-hydrogen) atoms. The number of carbonyl (C=O) groups excluding carboxylic acids is 1. The fraction of sp³-hybridized carbons (Fsp3) is 0.409. The standard InChI is InChI=1S/C22H27N3O2/c1-2-25-16-18(20-7-3-4-8-21(20)25)15-24-11-9-17(10-12-24)22(26)23-14-19-6-5-13-27-19/h3-8,13,16-17H,2,9-12,14-15H2,1H3,(H,23,26). The van der Waals surface area contributed by atoms with E-state index in [9.17, 15) is 4.79 Å². The molecule has 1 amide bonds. The highest BCUT2D eigenvalue weighted by Gasteiger charge is 2.25. The van der Waals surface area contributed by atoms with Gasteiger partial charge < -0.3 is 14.3 Å². The van der Waals surface area contributed by atoms with E-state index in [-0.39, 0.29) is 11.8 Å². The summed E-state index contributed by atoms with van der Waals surface area (Å²) in [6, 6.07) is 12.3. The molecule has 1 saturated heterocycles. The van der Waals surface area contributed by atoms with Gasteiger partial charge in [0.25, 0.3) is 0 Å². The summed E-state index contributed by atoms with van der Waals surface area (Å²) in [6.45, 7) is 6.52. The molecule has 0 aliphatic carbocycles. The monoisotopic (exact) mass is 365 g/mol. The molecule has 142 valence electrons. The minimum absolute atomic E-state index is 0.105.